The van der Waals surface area contributed by atoms with E-state index in [9.17, 15) is 18.0 Å². The fourth-order valence-electron chi connectivity index (χ4n) is 4.72. The van der Waals surface area contributed by atoms with Crippen molar-refractivity contribution in [3.63, 3.8) is 0 Å². The minimum Gasteiger partial charge on any atom is -0.352 e. The summed E-state index contributed by atoms with van der Waals surface area (Å²) in [5, 5.41) is 3.78. The Morgan fingerprint density at radius 3 is 2.05 bits per heavy atom. The molecule has 4 rings (SSSR count). The third-order valence-corrected chi connectivity index (χ3v) is 9.41. The van der Waals surface area contributed by atoms with E-state index in [-0.39, 0.29) is 35.5 Å². The molecular formula is C34H35Cl2N3O4S. The minimum atomic E-state index is -4.20. The van der Waals surface area contributed by atoms with E-state index in [4.69, 9.17) is 23.2 Å². The third kappa shape index (κ3) is 8.40. The second kappa shape index (κ2) is 14.8. The van der Waals surface area contributed by atoms with Gasteiger partial charge in [0.05, 0.1) is 10.6 Å². The molecule has 0 fully saturated rings. The van der Waals surface area contributed by atoms with Crippen LogP contribution < -0.4 is 9.62 Å². The zero-order chi connectivity index (χ0) is 31.9. The molecule has 230 valence electrons. The van der Waals surface area contributed by atoms with Gasteiger partial charge in [0.1, 0.15) is 12.6 Å². The number of rotatable bonds is 12. The Morgan fingerprint density at radius 1 is 0.818 bits per heavy atom. The summed E-state index contributed by atoms with van der Waals surface area (Å²) in [4.78, 5) is 29.6. The first-order chi connectivity index (χ1) is 21.0. The molecule has 0 unspecified atom stereocenters. The van der Waals surface area contributed by atoms with Crippen molar-refractivity contribution in [3.05, 3.63) is 130 Å². The predicted molar refractivity (Wildman–Crippen MR) is 176 cm³/mol. The van der Waals surface area contributed by atoms with Gasteiger partial charge in [0.15, 0.2) is 0 Å². The summed E-state index contributed by atoms with van der Waals surface area (Å²) in [6.45, 7) is 4.96. The summed E-state index contributed by atoms with van der Waals surface area (Å²) in [7, 11) is -4.20. The maximum Gasteiger partial charge on any atom is 0.264 e. The van der Waals surface area contributed by atoms with E-state index < -0.39 is 28.5 Å². The summed E-state index contributed by atoms with van der Waals surface area (Å²) in [6.07, 6.45) is 0.210. The highest BCUT2D eigenvalue weighted by Gasteiger charge is 2.35. The number of nitrogens with one attached hydrogen (secondary N) is 1. The average Bonchev–Trinajstić information content (AvgIpc) is 2.99. The van der Waals surface area contributed by atoms with Crippen molar-refractivity contribution in [2.75, 3.05) is 10.8 Å². The lowest BCUT2D eigenvalue weighted by molar-refractivity contribution is -0.140. The number of hydrogen-bond donors (Lipinski definition) is 1. The molecule has 1 N–H and O–H groups in total. The molecule has 44 heavy (non-hydrogen) atoms. The molecule has 0 aromatic heterocycles. The summed E-state index contributed by atoms with van der Waals surface area (Å²) in [6, 6.07) is 27.9. The molecule has 0 spiro atoms. The smallest absolute Gasteiger partial charge is 0.264 e. The van der Waals surface area contributed by atoms with Crippen molar-refractivity contribution in [1.29, 1.82) is 0 Å². The van der Waals surface area contributed by atoms with Gasteiger partial charge in [-0.05, 0) is 74.4 Å². The molecule has 0 saturated carbocycles. The molecule has 2 amide bonds. The molecule has 4 aromatic carbocycles. The number of amides is 2. The van der Waals surface area contributed by atoms with Crippen LogP contribution in [0, 0.1) is 6.92 Å². The standard InChI is InChI=1S/C34H35Cl2N3O4S/c1-24(2)37-34(41)32(21-26-9-5-4-6-10-26)38(22-27-11-7-8-12-31(27)36)33(40)23-39(29-17-15-28(35)16-18-29)44(42,43)30-19-13-25(3)14-20-30/h4-20,24,32H,21-23H2,1-3H3,(H,37,41)/t32-/m0/s1. The van der Waals surface area contributed by atoms with E-state index in [0.29, 0.717) is 15.6 Å². The van der Waals surface area contributed by atoms with Gasteiger partial charge in [-0.3, -0.25) is 13.9 Å². The number of halogens is 2. The lowest BCUT2D eigenvalue weighted by Crippen LogP contribution is -2.54. The summed E-state index contributed by atoms with van der Waals surface area (Å²) >= 11 is 12.6. The summed E-state index contributed by atoms with van der Waals surface area (Å²) in [5.41, 5.74) is 2.61. The van der Waals surface area contributed by atoms with Gasteiger partial charge >= 0.3 is 0 Å². The van der Waals surface area contributed by atoms with Gasteiger partial charge < -0.3 is 10.2 Å². The largest absolute Gasteiger partial charge is 0.352 e. The highest BCUT2D eigenvalue weighted by atomic mass is 35.5. The first-order valence-corrected chi connectivity index (χ1v) is 16.4. The molecule has 10 heteroatoms. The maximum absolute atomic E-state index is 14.4. The Balaban J connectivity index is 1.81. The van der Waals surface area contributed by atoms with E-state index in [0.717, 1.165) is 15.4 Å². The Kier molecular flexibility index (Phi) is 11.1. The van der Waals surface area contributed by atoms with Gasteiger partial charge in [0.2, 0.25) is 11.8 Å². The fraction of sp³-hybridized carbons (Fsp3) is 0.235. The van der Waals surface area contributed by atoms with Crippen LogP contribution in [0.5, 0.6) is 0 Å². The quantitative estimate of drug-likeness (QED) is 0.186. The highest BCUT2D eigenvalue weighted by molar-refractivity contribution is 7.92. The molecule has 0 saturated heterocycles. The van der Waals surface area contributed by atoms with Crippen LogP contribution in [0.2, 0.25) is 10.0 Å². The second-order valence-electron chi connectivity index (χ2n) is 10.8. The SMILES string of the molecule is Cc1ccc(S(=O)(=O)N(CC(=O)N(Cc2ccccc2Cl)[C@@H](Cc2ccccc2)C(=O)NC(C)C)c2ccc(Cl)cc2)cc1. The third-order valence-electron chi connectivity index (χ3n) is 7.00. The van der Waals surface area contributed by atoms with Crippen molar-refractivity contribution in [1.82, 2.24) is 10.2 Å². The molecular weight excluding hydrogens is 617 g/mol. The van der Waals surface area contributed by atoms with Crippen LogP contribution in [0.4, 0.5) is 5.69 Å². The minimum absolute atomic E-state index is 0.0133. The molecule has 0 aliphatic carbocycles. The van der Waals surface area contributed by atoms with Crippen LogP contribution in [0.1, 0.15) is 30.5 Å². The maximum atomic E-state index is 14.4. The monoisotopic (exact) mass is 651 g/mol. The van der Waals surface area contributed by atoms with E-state index in [1.54, 1.807) is 60.7 Å². The Bertz CT molecular complexity index is 1680. The summed E-state index contributed by atoms with van der Waals surface area (Å²) < 4.78 is 29.2. The molecule has 0 radical (unpaired) electrons. The van der Waals surface area contributed by atoms with Crippen LogP contribution >= 0.6 is 23.2 Å². The second-order valence-corrected chi connectivity index (χ2v) is 13.5. The number of carbonyl (C=O) groups is 2. The number of nitrogens with zero attached hydrogens (tertiary/aromatic N) is 2. The van der Waals surface area contributed by atoms with Crippen LogP contribution in [0.3, 0.4) is 0 Å². The van der Waals surface area contributed by atoms with Crippen LogP contribution in [-0.2, 0) is 32.6 Å². The predicted octanol–water partition coefficient (Wildman–Crippen LogP) is 6.66. The highest BCUT2D eigenvalue weighted by Crippen LogP contribution is 2.27. The lowest BCUT2D eigenvalue weighted by Gasteiger charge is -2.34. The van der Waals surface area contributed by atoms with Gasteiger partial charge in [-0.25, -0.2) is 8.42 Å². The lowest BCUT2D eigenvalue weighted by atomic mass is 10.0. The number of hydrogen-bond acceptors (Lipinski definition) is 4. The number of sulfonamides is 1. The van der Waals surface area contributed by atoms with Gasteiger partial charge in [0, 0.05) is 29.1 Å². The Morgan fingerprint density at radius 2 is 1.43 bits per heavy atom. The molecule has 4 aromatic rings. The van der Waals surface area contributed by atoms with Crippen molar-refractivity contribution < 1.29 is 18.0 Å². The number of aryl methyl sites for hydroxylation is 1. The molecule has 0 bridgehead atoms. The van der Waals surface area contributed by atoms with Gasteiger partial charge in [-0.2, -0.15) is 0 Å². The van der Waals surface area contributed by atoms with Crippen molar-refractivity contribution in [3.8, 4) is 0 Å². The van der Waals surface area contributed by atoms with Crippen LogP contribution in [0.15, 0.2) is 108 Å². The normalized spacial score (nSPS) is 12.0. The molecule has 1 atom stereocenters. The van der Waals surface area contributed by atoms with E-state index in [1.165, 1.54) is 17.0 Å². The van der Waals surface area contributed by atoms with Gasteiger partial charge in [-0.1, -0.05) is 89.4 Å². The van der Waals surface area contributed by atoms with Crippen LogP contribution in [0.25, 0.3) is 0 Å². The molecule has 0 heterocycles. The van der Waals surface area contributed by atoms with Crippen molar-refractivity contribution >= 4 is 50.7 Å². The summed E-state index contributed by atoms with van der Waals surface area (Å²) in [5.74, 6) is -0.931. The van der Waals surface area contributed by atoms with Gasteiger partial charge in [0.25, 0.3) is 10.0 Å². The zero-order valence-electron chi connectivity index (χ0n) is 24.8. The molecule has 7 nitrogen and oxygen atoms in total. The van der Waals surface area contributed by atoms with Crippen molar-refractivity contribution in [2.45, 2.75) is 50.7 Å². The fourth-order valence-corrected chi connectivity index (χ4v) is 6.45. The molecule has 0 aliphatic rings. The van der Waals surface area contributed by atoms with Gasteiger partial charge in [-0.15, -0.1) is 0 Å². The first-order valence-electron chi connectivity index (χ1n) is 14.2. The number of benzene rings is 4. The van der Waals surface area contributed by atoms with E-state index in [1.807, 2.05) is 51.1 Å². The Labute approximate surface area is 269 Å². The topological polar surface area (TPSA) is 86.8 Å². The Hall–Kier alpha value is -3.85. The average molecular weight is 653 g/mol. The number of carbonyl (C=O) groups excluding carboxylic acids is 2. The van der Waals surface area contributed by atoms with E-state index >= 15 is 0 Å². The first kappa shape index (κ1) is 33.1. The van der Waals surface area contributed by atoms with Crippen molar-refractivity contribution in [2.24, 2.45) is 0 Å². The molecule has 0 aliphatic heterocycles. The van der Waals surface area contributed by atoms with E-state index in [2.05, 4.69) is 5.32 Å². The number of anilines is 1. The zero-order valence-corrected chi connectivity index (χ0v) is 27.1. The van der Waals surface area contributed by atoms with Crippen LogP contribution in [-0.4, -0.2) is 43.8 Å².